The molecule has 1 aliphatic carbocycles. The minimum Gasteiger partial charge on any atom is -0.495 e. The van der Waals surface area contributed by atoms with Crippen LogP contribution in [0.15, 0.2) is 40.2 Å². The van der Waals surface area contributed by atoms with Gasteiger partial charge in [-0.15, -0.1) is 0 Å². The van der Waals surface area contributed by atoms with Gasteiger partial charge in [0.05, 0.1) is 17.8 Å². The highest BCUT2D eigenvalue weighted by Gasteiger charge is 2.19. The van der Waals surface area contributed by atoms with Crippen molar-refractivity contribution in [2.45, 2.75) is 25.8 Å². The molecule has 0 saturated heterocycles. The Morgan fingerprint density at radius 2 is 2.00 bits per heavy atom. The second kappa shape index (κ2) is 6.01. The number of methoxy groups -OCH3 is 1. The molecule has 1 heterocycles. The molecule has 0 bridgehead atoms. The first-order valence-corrected chi connectivity index (χ1v) is 7.64. The molecule has 2 aromatic rings. The summed E-state index contributed by atoms with van der Waals surface area (Å²) in [6.45, 7) is 0.623. The number of hydrogen-bond donors (Lipinski definition) is 0. The van der Waals surface area contributed by atoms with Crippen molar-refractivity contribution in [3.8, 4) is 11.4 Å². The van der Waals surface area contributed by atoms with Crippen LogP contribution in [-0.4, -0.2) is 16.2 Å². The quantitative estimate of drug-likeness (QED) is 0.813. The van der Waals surface area contributed by atoms with Gasteiger partial charge in [-0.2, -0.15) is 0 Å². The first-order chi connectivity index (χ1) is 10.6. The van der Waals surface area contributed by atoms with Crippen LogP contribution in [0.5, 0.6) is 5.75 Å². The highest BCUT2D eigenvalue weighted by Crippen LogP contribution is 2.27. The van der Waals surface area contributed by atoms with Gasteiger partial charge < -0.3 is 9.30 Å². The smallest absolute Gasteiger partial charge is 0.320 e. The van der Waals surface area contributed by atoms with E-state index in [1.165, 1.54) is 22.7 Å². The lowest BCUT2D eigenvalue weighted by molar-refractivity contribution is 0.272. The van der Waals surface area contributed by atoms with E-state index in [1.54, 1.807) is 30.6 Å². The fourth-order valence-electron chi connectivity index (χ4n) is 2.61. The summed E-state index contributed by atoms with van der Waals surface area (Å²) in [6, 6.07) is 4.98. The standard InChI is InChI=1S/C16H17ClN2O3/c1-22-14-6-5-12(9-13(14)17)19-8-7-18(15(20)16(19)21)10-11-3-2-4-11/h5-9,11H,2-4,10H2,1H3. The van der Waals surface area contributed by atoms with E-state index in [9.17, 15) is 9.59 Å². The third kappa shape index (κ3) is 2.68. The largest absolute Gasteiger partial charge is 0.495 e. The molecule has 1 aromatic heterocycles. The summed E-state index contributed by atoms with van der Waals surface area (Å²) in [6.07, 6.45) is 6.74. The Morgan fingerprint density at radius 3 is 2.59 bits per heavy atom. The van der Waals surface area contributed by atoms with Crippen LogP contribution in [-0.2, 0) is 6.54 Å². The highest BCUT2D eigenvalue weighted by atomic mass is 35.5. The van der Waals surface area contributed by atoms with Crippen LogP contribution in [0.2, 0.25) is 5.02 Å². The number of nitrogens with zero attached hydrogens (tertiary/aromatic N) is 2. The van der Waals surface area contributed by atoms with Crippen molar-refractivity contribution in [2.24, 2.45) is 5.92 Å². The predicted octanol–water partition coefficient (Wildman–Crippen LogP) is 2.46. The van der Waals surface area contributed by atoms with Gasteiger partial charge in [0, 0.05) is 18.9 Å². The van der Waals surface area contributed by atoms with Crippen LogP contribution < -0.4 is 15.9 Å². The maximum atomic E-state index is 12.3. The van der Waals surface area contributed by atoms with E-state index < -0.39 is 11.1 Å². The van der Waals surface area contributed by atoms with Gasteiger partial charge in [-0.25, -0.2) is 0 Å². The van der Waals surface area contributed by atoms with E-state index in [2.05, 4.69) is 0 Å². The van der Waals surface area contributed by atoms with Crippen LogP contribution >= 0.6 is 11.6 Å². The number of ether oxygens (including phenoxy) is 1. The molecule has 1 fully saturated rings. The molecule has 0 radical (unpaired) electrons. The normalized spacial score (nSPS) is 14.6. The summed E-state index contributed by atoms with van der Waals surface area (Å²) in [4.78, 5) is 24.5. The fraction of sp³-hybridized carbons (Fsp3) is 0.375. The van der Waals surface area contributed by atoms with Crippen LogP contribution in [0.1, 0.15) is 19.3 Å². The molecular weight excluding hydrogens is 304 g/mol. The van der Waals surface area contributed by atoms with Crippen LogP contribution in [0.25, 0.3) is 5.69 Å². The fourth-order valence-corrected chi connectivity index (χ4v) is 2.87. The van der Waals surface area contributed by atoms with Crippen molar-refractivity contribution in [1.29, 1.82) is 0 Å². The zero-order valence-electron chi connectivity index (χ0n) is 12.3. The first kappa shape index (κ1) is 14.9. The molecule has 0 amide bonds. The Bertz CT molecular complexity index is 806. The van der Waals surface area contributed by atoms with Crippen molar-refractivity contribution in [3.63, 3.8) is 0 Å². The van der Waals surface area contributed by atoms with Gasteiger partial charge in [0.1, 0.15) is 5.75 Å². The van der Waals surface area contributed by atoms with Crippen molar-refractivity contribution in [3.05, 3.63) is 56.3 Å². The highest BCUT2D eigenvalue weighted by molar-refractivity contribution is 6.32. The number of rotatable bonds is 4. The zero-order chi connectivity index (χ0) is 15.7. The van der Waals surface area contributed by atoms with Gasteiger partial charge in [-0.3, -0.25) is 14.2 Å². The Morgan fingerprint density at radius 1 is 1.23 bits per heavy atom. The minimum absolute atomic E-state index is 0.394. The lowest BCUT2D eigenvalue weighted by Gasteiger charge is -2.25. The molecule has 1 aromatic carbocycles. The summed E-state index contributed by atoms with van der Waals surface area (Å²) in [5.41, 5.74) is -0.520. The maximum absolute atomic E-state index is 12.3. The van der Waals surface area contributed by atoms with Crippen LogP contribution in [0, 0.1) is 5.92 Å². The summed E-state index contributed by atoms with van der Waals surface area (Å²) in [5.74, 6) is 1.04. The molecule has 0 unspecified atom stereocenters. The van der Waals surface area contributed by atoms with Gasteiger partial charge in [0.2, 0.25) is 0 Å². The summed E-state index contributed by atoms with van der Waals surface area (Å²) in [5, 5.41) is 0.394. The Labute approximate surface area is 132 Å². The summed E-state index contributed by atoms with van der Waals surface area (Å²) < 4.78 is 7.90. The SMILES string of the molecule is COc1ccc(-n2ccn(CC3CCC3)c(=O)c2=O)cc1Cl. The molecule has 0 spiro atoms. The lowest BCUT2D eigenvalue weighted by Crippen LogP contribution is -2.41. The molecule has 116 valence electrons. The summed E-state index contributed by atoms with van der Waals surface area (Å²) >= 11 is 6.07. The van der Waals surface area contributed by atoms with E-state index in [4.69, 9.17) is 16.3 Å². The van der Waals surface area contributed by atoms with E-state index in [1.807, 2.05) is 0 Å². The van der Waals surface area contributed by atoms with Gasteiger partial charge >= 0.3 is 11.1 Å². The van der Waals surface area contributed by atoms with Crippen molar-refractivity contribution < 1.29 is 4.74 Å². The van der Waals surface area contributed by atoms with Gasteiger partial charge in [-0.05, 0) is 37.0 Å². The van der Waals surface area contributed by atoms with Crippen molar-refractivity contribution >= 4 is 11.6 Å². The maximum Gasteiger partial charge on any atom is 0.320 e. The Balaban J connectivity index is 1.98. The second-order valence-corrected chi connectivity index (χ2v) is 5.95. The molecular formula is C16H17ClN2O3. The van der Waals surface area contributed by atoms with Crippen LogP contribution in [0.4, 0.5) is 0 Å². The second-order valence-electron chi connectivity index (χ2n) is 5.55. The Kier molecular flexibility index (Phi) is 4.07. The molecule has 0 aliphatic heterocycles. The van der Waals surface area contributed by atoms with Gasteiger partial charge in [0.15, 0.2) is 0 Å². The number of benzene rings is 1. The van der Waals surface area contributed by atoms with E-state index >= 15 is 0 Å². The topological polar surface area (TPSA) is 53.2 Å². The molecule has 0 atom stereocenters. The van der Waals surface area contributed by atoms with Gasteiger partial charge in [0.25, 0.3) is 0 Å². The first-order valence-electron chi connectivity index (χ1n) is 7.26. The molecule has 3 rings (SSSR count). The van der Waals surface area contributed by atoms with E-state index in [0.717, 1.165) is 12.8 Å². The van der Waals surface area contributed by atoms with Crippen molar-refractivity contribution in [2.75, 3.05) is 7.11 Å². The molecule has 1 saturated carbocycles. The molecule has 1 aliphatic rings. The average molecular weight is 321 g/mol. The number of hydrogen-bond acceptors (Lipinski definition) is 3. The minimum atomic E-state index is -0.567. The Hall–Kier alpha value is -2.01. The van der Waals surface area contributed by atoms with E-state index in [0.29, 0.717) is 28.9 Å². The zero-order valence-corrected chi connectivity index (χ0v) is 13.0. The summed E-state index contributed by atoms with van der Waals surface area (Å²) in [7, 11) is 1.52. The third-order valence-electron chi connectivity index (χ3n) is 4.15. The monoisotopic (exact) mass is 320 g/mol. The van der Waals surface area contributed by atoms with Crippen LogP contribution in [0.3, 0.4) is 0 Å². The lowest BCUT2D eigenvalue weighted by atomic mass is 9.85. The average Bonchev–Trinajstić information content (AvgIpc) is 2.47. The molecule has 22 heavy (non-hydrogen) atoms. The molecule has 6 heteroatoms. The van der Waals surface area contributed by atoms with Gasteiger partial charge in [-0.1, -0.05) is 18.0 Å². The van der Waals surface area contributed by atoms with E-state index in [-0.39, 0.29) is 0 Å². The third-order valence-corrected chi connectivity index (χ3v) is 4.45. The number of aromatic nitrogens is 2. The van der Waals surface area contributed by atoms with Crippen molar-refractivity contribution in [1.82, 2.24) is 9.13 Å². The predicted molar refractivity (Wildman–Crippen MR) is 85.2 cm³/mol. The molecule has 5 nitrogen and oxygen atoms in total. The molecule has 0 N–H and O–H groups in total. The number of halogens is 1.